The average molecular weight is 263 g/mol. The van der Waals surface area contributed by atoms with Gasteiger partial charge in [-0.2, -0.15) is 0 Å². The smallest absolute Gasteiger partial charge is 0.146 e. The molecule has 0 radical (unpaired) electrons. The van der Waals surface area contributed by atoms with Crippen LogP contribution in [0.3, 0.4) is 0 Å². The first-order valence-electron chi connectivity index (χ1n) is 6.09. The van der Waals surface area contributed by atoms with Crippen molar-refractivity contribution >= 4 is 5.69 Å². The largest absolute Gasteiger partial charge is 0.494 e. The van der Waals surface area contributed by atoms with Gasteiger partial charge >= 0.3 is 0 Å². The van der Waals surface area contributed by atoms with Gasteiger partial charge in [-0.15, -0.1) is 0 Å². The first-order chi connectivity index (χ1) is 9.19. The molecule has 0 heterocycles. The van der Waals surface area contributed by atoms with E-state index in [0.29, 0.717) is 13.2 Å². The van der Waals surface area contributed by atoms with Crippen molar-refractivity contribution in [3.8, 4) is 5.75 Å². The second-order valence-electron chi connectivity index (χ2n) is 4.05. The lowest BCUT2D eigenvalue weighted by Gasteiger charge is -2.09. The van der Waals surface area contributed by atoms with Crippen LogP contribution in [0.4, 0.5) is 14.5 Å². The third kappa shape index (κ3) is 3.68. The zero-order chi connectivity index (χ0) is 13.7. The predicted octanol–water partition coefficient (Wildman–Crippen LogP) is 3.98. The predicted molar refractivity (Wildman–Crippen MR) is 71.3 cm³/mol. The number of nitrogens with one attached hydrogen (secondary N) is 1. The highest BCUT2D eigenvalue weighted by molar-refractivity contribution is 5.45. The highest BCUT2D eigenvalue weighted by Gasteiger charge is 2.03. The number of hydrogen-bond donors (Lipinski definition) is 1. The van der Waals surface area contributed by atoms with Gasteiger partial charge in [0.2, 0.25) is 0 Å². The van der Waals surface area contributed by atoms with Gasteiger partial charge < -0.3 is 10.1 Å². The van der Waals surface area contributed by atoms with Crippen LogP contribution in [0, 0.1) is 11.6 Å². The molecule has 1 N–H and O–H groups in total. The van der Waals surface area contributed by atoms with Crippen molar-refractivity contribution in [1.29, 1.82) is 0 Å². The number of hydrogen-bond acceptors (Lipinski definition) is 2. The topological polar surface area (TPSA) is 21.3 Å². The molecule has 0 aliphatic rings. The minimum absolute atomic E-state index is 0.161. The van der Waals surface area contributed by atoms with Gasteiger partial charge in [-0.25, -0.2) is 8.78 Å². The van der Waals surface area contributed by atoms with Crippen LogP contribution in [0.2, 0.25) is 0 Å². The fourth-order valence-corrected chi connectivity index (χ4v) is 1.70. The summed E-state index contributed by atoms with van der Waals surface area (Å²) < 4.78 is 31.7. The molecule has 0 unspecified atom stereocenters. The quantitative estimate of drug-likeness (QED) is 0.881. The Morgan fingerprint density at radius 3 is 2.47 bits per heavy atom. The summed E-state index contributed by atoms with van der Waals surface area (Å²) in [6.45, 7) is 2.96. The van der Waals surface area contributed by atoms with E-state index in [1.165, 1.54) is 0 Å². The lowest BCUT2D eigenvalue weighted by atomic mass is 10.2. The normalized spacial score (nSPS) is 10.3. The Labute approximate surface area is 111 Å². The van der Waals surface area contributed by atoms with Crippen LogP contribution < -0.4 is 10.1 Å². The lowest BCUT2D eigenvalue weighted by molar-refractivity contribution is 0.340. The van der Waals surface area contributed by atoms with Crippen molar-refractivity contribution in [1.82, 2.24) is 0 Å². The van der Waals surface area contributed by atoms with E-state index >= 15 is 0 Å². The molecule has 2 aromatic carbocycles. The first kappa shape index (κ1) is 13.3. The second kappa shape index (κ2) is 6.18. The summed E-state index contributed by atoms with van der Waals surface area (Å²) in [6.07, 6.45) is 0. The Kier molecular flexibility index (Phi) is 4.34. The lowest BCUT2D eigenvalue weighted by Crippen LogP contribution is -2.02. The van der Waals surface area contributed by atoms with Gasteiger partial charge in [0.15, 0.2) is 0 Å². The Hall–Kier alpha value is -2.10. The van der Waals surface area contributed by atoms with Crippen LogP contribution in [-0.4, -0.2) is 6.61 Å². The second-order valence-corrected chi connectivity index (χ2v) is 4.05. The zero-order valence-corrected chi connectivity index (χ0v) is 10.6. The van der Waals surface area contributed by atoms with Crippen LogP contribution in [0.5, 0.6) is 5.75 Å². The summed E-state index contributed by atoms with van der Waals surface area (Å²) in [5.74, 6) is -0.133. The van der Waals surface area contributed by atoms with E-state index in [2.05, 4.69) is 5.32 Å². The van der Waals surface area contributed by atoms with E-state index in [9.17, 15) is 8.78 Å². The minimum Gasteiger partial charge on any atom is -0.494 e. The molecule has 0 aliphatic carbocycles. The minimum atomic E-state index is -0.465. The molecule has 0 saturated heterocycles. The molecule has 0 bridgehead atoms. The molecule has 0 amide bonds. The van der Waals surface area contributed by atoms with Gasteiger partial charge in [0.1, 0.15) is 17.4 Å². The molecule has 2 aromatic rings. The van der Waals surface area contributed by atoms with Crippen molar-refractivity contribution < 1.29 is 13.5 Å². The summed E-state index contributed by atoms with van der Waals surface area (Å²) in [7, 11) is 0. The molecule has 4 heteroatoms. The van der Waals surface area contributed by atoms with Crippen LogP contribution in [-0.2, 0) is 6.54 Å². The van der Waals surface area contributed by atoms with Gasteiger partial charge in [0.25, 0.3) is 0 Å². The van der Waals surface area contributed by atoms with Gasteiger partial charge in [0, 0.05) is 6.54 Å². The van der Waals surface area contributed by atoms with E-state index in [-0.39, 0.29) is 5.69 Å². The number of benzene rings is 2. The fourth-order valence-electron chi connectivity index (χ4n) is 1.70. The van der Waals surface area contributed by atoms with E-state index < -0.39 is 11.6 Å². The molecule has 0 atom stereocenters. The van der Waals surface area contributed by atoms with Crippen molar-refractivity contribution in [2.45, 2.75) is 13.5 Å². The highest BCUT2D eigenvalue weighted by Crippen LogP contribution is 2.17. The van der Waals surface area contributed by atoms with Crippen LogP contribution in [0.25, 0.3) is 0 Å². The molecule has 0 fully saturated rings. The molecule has 19 heavy (non-hydrogen) atoms. The summed E-state index contributed by atoms with van der Waals surface area (Å²) >= 11 is 0. The monoisotopic (exact) mass is 263 g/mol. The van der Waals surface area contributed by atoms with E-state index in [1.54, 1.807) is 0 Å². The maximum Gasteiger partial charge on any atom is 0.146 e. The molecule has 2 rings (SSSR count). The maximum absolute atomic E-state index is 13.4. The van der Waals surface area contributed by atoms with E-state index in [4.69, 9.17) is 4.74 Å². The summed E-state index contributed by atoms with van der Waals surface area (Å²) in [6, 6.07) is 10.8. The van der Waals surface area contributed by atoms with Gasteiger partial charge in [-0.1, -0.05) is 12.1 Å². The van der Waals surface area contributed by atoms with Gasteiger partial charge in [-0.05, 0) is 42.8 Å². The number of anilines is 1. The number of halogens is 2. The third-order valence-corrected chi connectivity index (χ3v) is 2.65. The van der Waals surface area contributed by atoms with Gasteiger partial charge in [0.05, 0.1) is 12.3 Å². The standard InChI is InChI=1S/C15H15F2NO/c1-2-19-13-6-3-11(4-7-13)10-18-15-9-12(16)5-8-14(15)17/h3-9,18H,2,10H2,1H3. The third-order valence-electron chi connectivity index (χ3n) is 2.65. The van der Waals surface area contributed by atoms with Crippen LogP contribution >= 0.6 is 0 Å². The van der Waals surface area contributed by atoms with Crippen molar-refractivity contribution in [2.24, 2.45) is 0 Å². The molecule has 0 aromatic heterocycles. The van der Waals surface area contributed by atoms with E-state index in [0.717, 1.165) is 29.5 Å². The molecule has 100 valence electrons. The molecule has 0 aliphatic heterocycles. The number of rotatable bonds is 5. The summed E-state index contributed by atoms with van der Waals surface area (Å²) in [4.78, 5) is 0. The average Bonchev–Trinajstić information content (AvgIpc) is 2.42. The summed E-state index contributed by atoms with van der Waals surface area (Å²) in [5, 5.41) is 2.87. The Balaban J connectivity index is 2.00. The Bertz CT molecular complexity index is 540. The van der Waals surface area contributed by atoms with Crippen molar-refractivity contribution in [2.75, 3.05) is 11.9 Å². The molecule has 2 nitrogen and oxygen atoms in total. The maximum atomic E-state index is 13.4. The SMILES string of the molecule is CCOc1ccc(CNc2cc(F)ccc2F)cc1. The fraction of sp³-hybridized carbons (Fsp3) is 0.200. The zero-order valence-electron chi connectivity index (χ0n) is 10.6. The van der Waals surface area contributed by atoms with E-state index in [1.807, 2.05) is 31.2 Å². The molecule has 0 saturated carbocycles. The van der Waals surface area contributed by atoms with Crippen LogP contribution in [0.15, 0.2) is 42.5 Å². The molecule has 0 spiro atoms. The molecular formula is C15H15F2NO. The highest BCUT2D eigenvalue weighted by atomic mass is 19.1. The Morgan fingerprint density at radius 1 is 1.05 bits per heavy atom. The van der Waals surface area contributed by atoms with Gasteiger partial charge in [-0.3, -0.25) is 0 Å². The molecular weight excluding hydrogens is 248 g/mol. The summed E-state index contributed by atoms with van der Waals surface area (Å²) in [5.41, 5.74) is 1.13. The Morgan fingerprint density at radius 2 is 1.79 bits per heavy atom. The van der Waals surface area contributed by atoms with Crippen molar-refractivity contribution in [3.05, 3.63) is 59.7 Å². The first-order valence-corrected chi connectivity index (χ1v) is 6.09. The van der Waals surface area contributed by atoms with Crippen molar-refractivity contribution in [3.63, 3.8) is 0 Å². The van der Waals surface area contributed by atoms with Crippen LogP contribution in [0.1, 0.15) is 12.5 Å². The number of ether oxygens (including phenoxy) is 1.